The SMILES string of the molecule is Cn1nc(C(=O)NCCc2ccc(S(N)(=O)=O)cc2)nc1Cl. The standard InChI is InChI=1S/C12H14ClN5O3S/c1-18-12(13)16-10(17-18)11(19)15-7-6-8-2-4-9(5-3-8)22(14,20)21/h2-5H,6-7H2,1H3,(H,15,19)(H2,14,20,21). The molecule has 8 nitrogen and oxygen atoms in total. The molecule has 2 rings (SSSR count). The molecule has 0 aliphatic rings. The molecule has 1 heterocycles. The summed E-state index contributed by atoms with van der Waals surface area (Å²) in [7, 11) is -2.11. The van der Waals surface area contributed by atoms with Crippen LogP contribution >= 0.6 is 11.6 Å². The molecule has 0 radical (unpaired) electrons. The number of halogens is 1. The largest absolute Gasteiger partial charge is 0.349 e. The van der Waals surface area contributed by atoms with Crippen molar-refractivity contribution >= 4 is 27.5 Å². The molecule has 10 heteroatoms. The van der Waals surface area contributed by atoms with Crippen molar-refractivity contribution in [3.8, 4) is 0 Å². The molecule has 1 aromatic heterocycles. The highest BCUT2D eigenvalue weighted by Crippen LogP contribution is 2.09. The van der Waals surface area contributed by atoms with E-state index >= 15 is 0 Å². The van der Waals surface area contributed by atoms with Crippen molar-refractivity contribution in [2.75, 3.05) is 6.54 Å². The Bertz CT molecular complexity index is 766. The smallest absolute Gasteiger partial charge is 0.291 e. The number of aromatic nitrogens is 3. The van der Waals surface area contributed by atoms with Crippen molar-refractivity contribution in [1.29, 1.82) is 0 Å². The first-order chi connectivity index (χ1) is 10.3. The molecule has 0 saturated carbocycles. The van der Waals surface area contributed by atoms with Crippen LogP contribution in [0.5, 0.6) is 0 Å². The lowest BCUT2D eigenvalue weighted by Gasteiger charge is -2.04. The maximum Gasteiger partial charge on any atom is 0.291 e. The summed E-state index contributed by atoms with van der Waals surface area (Å²) in [6.07, 6.45) is 0.525. The van der Waals surface area contributed by atoms with Crippen LogP contribution in [0.1, 0.15) is 16.2 Å². The Kier molecular flexibility index (Phi) is 4.79. The van der Waals surface area contributed by atoms with Gasteiger partial charge in [-0.25, -0.2) is 18.2 Å². The highest BCUT2D eigenvalue weighted by atomic mass is 35.5. The van der Waals surface area contributed by atoms with Gasteiger partial charge in [-0.2, -0.15) is 4.98 Å². The predicted octanol–water partition coefficient (Wildman–Crippen LogP) is 0.0884. The van der Waals surface area contributed by atoms with E-state index in [1.54, 1.807) is 19.2 Å². The van der Waals surface area contributed by atoms with Gasteiger partial charge in [0.05, 0.1) is 4.90 Å². The van der Waals surface area contributed by atoms with Gasteiger partial charge in [-0.15, -0.1) is 5.10 Å². The predicted molar refractivity (Wildman–Crippen MR) is 79.9 cm³/mol. The first-order valence-electron chi connectivity index (χ1n) is 6.24. The zero-order valence-corrected chi connectivity index (χ0v) is 13.2. The first-order valence-corrected chi connectivity index (χ1v) is 8.16. The van der Waals surface area contributed by atoms with Crippen LogP contribution in [0.25, 0.3) is 0 Å². The van der Waals surface area contributed by atoms with Gasteiger partial charge >= 0.3 is 0 Å². The molecule has 0 aliphatic carbocycles. The van der Waals surface area contributed by atoms with Crippen LogP contribution in [0, 0.1) is 0 Å². The van der Waals surface area contributed by atoms with Crippen molar-refractivity contribution in [2.45, 2.75) is 11.3 Å². The molecule has 118 valence electrons. The number of primary sulfonamides is 1. The first kappa shape index (κ1) is 16.4. The lowest BCUT2D eigenvalue weighted by Crippen LogP contribution is -2.26. The Morgan fingerprint density at radius 1 is 1.36 bits per heavy atom. The van der Waals surface area contributed by atoms with Crippen molar-refractivity contribution in [3.63, 3.8) is 0 Å². The Morgan fingerprint density at radius 2 is 2.00 bits per heavy atom. The Labute approximate surface area is 132 Å². The summed E-state index contributed by atoms with van der Waals surface area (Å²) >= 11 is 5.71. The maximum atomic E-state index is 11.8. The molecule has 0 saturated heterocycles. The number of carbonyl (C=O) groups excluding carboxylic acids is 1. The summed E-state index contributed by atoms with van der Waals surface area (Å²) in [6.45, 7) is 0.351. The molecule has 22 heavy (non-hydrogen) atoms. The van der Waals surface area contributed by atoms with Crippen molar-refractivity contribution in [2.24, 2.45) is 12.2 Å². The lowest BCUT2D eigenvalue weighted by molar-refractivity contribution is 0.0943. The third-order valence-corrected chi connectivity index (χ3v) is 4.12. The van der Waals surface area contributed by atoms with Crippen molar-refractivity contribution < 1.29 is 13.2 Å². The number of rotatable bonds is 5. The van der Waals surface area contributed by atoms with Gasteiger partial charge in [0.15, 0.2) is 0 Å². The summed E-state index contributed by atoms with van der Waals surface area (Å²) < 4.78 is 23.6. The topological polar surface area (TPSA) is 120 Å². The van der Waals surface area contributed by atoms with Crippen LogP contribution < -0.4 is 10.5 Å². The van der Waals surface area contributed by atoms with E-state index in [9.17, 15) is 13.2 Å². The molecule has 1 aromatic carbocycles. The van der Waals surface area contributed by atoms with E-state index in [0.717, 1.165) is 5.56 Å². The van der Waals surface area contributed by atoms with E-state index < -0.39 is 15.9 Å². The third kappa shape index (κ3) is 4.03. The fourth-order valence-electron chi connectivity index (χ4n) is 1.71. The second-order valence-electron chi connectivity index (χ2n) is 4.52. The normalized spacial score (nSPS) is 11.4. The van der Waals surface area contributed by atoms with E-state index in [2.05, 4.69) is 15.4 Å². The van der Waals surface area contributed by atoms with Gasteiger partial charge in [-0.05, 0) is 35.7 Å². The number of amides is 1. The van der Waals surface area contributed by atoms with Gasteiger partial charge in [-0.3, -0.25) is 4.79 Å². The Morgan fingerprint density at radius 3 is 2.50 bits per heavy atom. The Balaban J connectivity index is 1.90. The fourth-order valence-corrected chi connectivity index (χ4v) is 2.34. The van der Waals surface area contributed by atoms with Gasteiger partial charge in [0.25, 0.3) is 5.91 Å². The second kappa shape index (κ2) is 6.42. The lowest BCUT2D eigenvalue weighted by atomic mass is 10.1. The number of nitrogens with zero attached hydrogens (tertiary/aromatic N) is 3. The highest BCUT2D eigenvalue weighted by Gasteiger charge is 2.13. The zero-order valence-electron chi connectivity index (χ0n) is 11.7. The summed E-state index contributed by atoms with van der Waals surface area (Å²) in [5.41, 5.74) is 0.861. The minimum atomic E-state index is -3.69. The molecular formula is C12H14ClN5O3S. The third-order valence-electron chi connectivity index (χ3n) is 2.86. The summed E-state index contributed by atoms with van der Waals surface area (Å²) in [6, 6.07) is 6.13. The molecule has 0 spiro atoms. The molecule has 0 bridgehead atoms. The molecule has 2 aromatic rings. The molecule has 0 fully saturated rings. The second-order valence-corrected chi connectivity index (χ2v) is 6.42. The quantitative estimate of drug-likeness (QED) is 0.797. The number of hydrogen-bond acceptors (Lipinski definition) is 5. The van der Waals surface area contributed by atoms with Crippen LogP contribution in [0.2, 0.25) is 5.28 Å². The number of benzene rings is 1. The van der Waals surface area contributed by atoms with Crippen LogP contribution in [0.15, 0.2) is 29.2 Å². The fraction of sp³-hybridized carbons (Fsp3) is 0.250. The van der Waals surface area contributed by atoms with E-state index in [1.807, 2.05) is 0 Å². The number of sulfonamides is 1. The van der Waals surface area contributed by atoms with E-state index in [4.69, 9.17) is 16.7 Å². The zero-order chi connectivity index (χ0) is 16.3. The highest BCUT2D eigenvalue weighted by molar-refractivity contribution is 7.89. The van der Waals surface area contributed by atoms with Crippen molar-refractivity contribution in [1.82, 2.24) is 20.1 Å². The van der Waals surface area contributed by atoms with Gasteiger partial charge in [0.2, 0.25) is 21.1 Å². The van der Waals surface area contributed by atoms with E-state index in [1.165, 1.54) is 16.8 Å². The number of aryl methyl sites for hydroxylation is 1. The molecule has 0 unspecified atom stereocenters. The summed E-state index contributed by atoms with van der Waals surface area (Å²) in [5, 5.41) is 11.7. The number of nitrogens with one attached hydrogen (secondary N) is 1. The van der Waals surface area contributed by atoms with Gasteiger partial charge in [0.1, 0.15) is 0 Å². The number of nitrogens with two attached hydrogens (primary N) is 1. The summed E-state index contributed by atoms with van der Waals surface area (Å²) in [5.74, 6) is -0.430. The van der Waals surface area contributed by atoms with Gasteiger partial charge in [0, 0.05) is 13.6 Å². The van der Waals surface area contributed by atoms with Gasteiger partial charge in [-0.1, -0.05) is 12.1 Å². The molecule has 3 N–H and O–H groups in total. The minimum Gasteiger partial charge on any atom is -0.349 e. The van der Waals surface area contributed by atoms with E-state index in [-0.39, 0.29) is 16.0 Å². The average molecular weight is 344 g/mol. The van der Waals surface area contributed by atoms with E-state index in [0.29, 0.717) is 13.0 Å². The van der Waals surface area contributed by atoms with Crippen LogP contribution in [-0.4, -0.2) is 35.6 Å². The maximum absolute atomic E-state index is 11.8. The minimum absolute atomic E-state index is 0.00271. The summed E-state index contributed by atoms with van der Waals surface area (Å²) in [4.78, 5) is 15.6. The average Bonchev–Trinajstić information content (AvgIpc) is 2.78. The molecule has 1 amide bonds. The molecule has 0 aliphatic heterocycles. The molecular weight excluding hydrogens is 330 g/mol. The van der Waals surface area contributed by atoms with Crippen LogP contribution in [0.3, 0.4) is 0 Å². The van der Waals surface area contributed by atoms with Crippen LogP contribution in [0.4, 0.5) is 0 Å². The van der Waals surface area contributed by atoms with Crippen LogP contribution in [-0.2, 0) is 23.5 Å². The molecule has 0 atom stereocenters. The van der Waals surface area contributed by atoms with Gasteiger partial charge < -0.3 is 5.32 Å². The number of carbonyl (C=O) groups is 1. The Hall–Kier alpha value is -1.97. The monoisotopic (exact) mass is 343 g/mol. The van der Waals surface area contributed by atoms with Crippen molar-refractivity contribution in [3.05, 3.63) is 40.9 Å². The number of hydrogen-bond donors (Lipinski definition) is 2.